The first-order valence-corrected chi connectivity index (χ1v) is 16.5. The highest BCUT2D eigenvalue weighted by Gasteiger charge is 2.60. The highest BCUT2D eigenvalue weighted by Crippen LogP contribution is 2.44. The maximum Gasteiger partial charge on any atom is 0.345 e. The van der Waals surface area contributed by atoms with E-state index < -0.39 is 66.2 Å². The Balaban J connectivity index is 1.50. The molecule has 1 aromatic carbocycles. The van der Waals surface area contributed by atoms with E-state index in [1.54, 1.807) is 45.6 Å². The maximum absolute atomic E-state index is 15.8. The summed E-state index contributed by atoms with van der Waals surface area (Å²) >= 11 is 1.32. The molecule has 0 bridgehead atoms. The van der Waals surface area contributed by atoms with Crippen LogP contribution in [0.25, 0.3) is 0 Å². The average Bonchev–Trinajstić information content (AvgIpc) is 3.65. The molecule has 0 aliphatic carbocycles. The summed E-state index contributed by atoms with van der Waals surface area (Å²) < 4.78 is 72.8. The monoisotopic (exact) mass is 679 g/mol. The number of hydrogen-bond donors (Lipinski definition) is 1. The summed E-state index contributed by atoms with van der Waals surface area (Å²) in [7, 11) is 0. The molecule has 2 fully saturated rings. The first kappa shape index (κ1) is 35.0. The third-order valence-corrected chi connectivity index (χ3v) is 9.49. The lowest BCUT2D eigenvalue weighted by molar-refractivity contribution is -0.170. The number of aromatic nitrogens is 1. The van der Waals surface area contributed by atoms with Crippen LogP contribution in [0.5, 0.6) is 0 Å². The number of esters is 2. The Kier molecular flexibility index (Phi) is 9.61. The molecule has 0 amide bonds. The first-order valence-electron chi connectivity index (χ1n) is 15.6. The zero-order valence-electron chi connectivity index (χ0n) is 27.6. The van der Waals surface area contributed by atoms with E-state index in [9.17, 15) is 14.0 Å². The molecular weight excluding hydrogens is 638 g/mol. The first-order chi connectivity index (χ1) is 21.9. The molecule has 0 unspecified atom stereocenters. The van der Waals surface area contributed by atoms with Gasteiger partial charge in [0.15, 0.2) is 10.8 Å². The van der Waals surface area contributed by atoms with Gasteiger partial charge >= 0.3 is 11.9 Å². The molecule has 2 aromatic rings. The summed E-state index contributed by atoms with van der Waals surface area (Å²) in [4.78, 5) is 38.4. The SMILES string of the molecule is CCOC(=O)C1=C(CN2CC(F)(F)[C@H]3[C@@H]2CCN3C[C@@](C)(F)C(=O)OC(C)(C)C)NC(c2nc(C)cs2)=N[C@H]1c1cccc(F)c1C. The Bertz CT molecular complexity index is 1600. The molecule has 1 N–H and O–H groups in total. The summed E-state index contributed by atoms with van der Waals surface area (Å²) in [6.45, 7) is 9.80. The number of ether oxygens (including phenoxy) is 2. The van der Waals surface area contributed by atoms with Gasteiger partial charge in [0.1, 0.15) is 17.5 Å². The molecule has 3 aliphatic heterocycles. The van der Waals surface area contributed by atoms with Crippen molar-refractivity contribution in [2.45, 2.75) is 90.2 Å². The Labute approximate surface area is 276 Å². The van der Waals surface area contributed by atoms with E-state index in [0.29, 0.717) is 16.4 Å². The number of carbonyl (C=O) groups excluding carboxylic acids is 2. The second kappa shape index (κ2) is 12.9. The van der Waals surface area contributed by atoms with Crippen molar-refractivity contribution >= 4 is 29.1 Å². The molecule has 9 nitrogen and oxygen atoms in total. The standard InChI is InChI=1S/C33H41F4N5O4S/c1-8-45-29(43)24-22(39-27(28-38-18(2)15-47-28)40-25(24)20-10-9-11-21(34)19(20)3)14-42-17-33(36,37)26-23(42)12-13-41(26)16-32(7,35)30(44)46-31(4,5)6/h9-11,15,23,25-26H,8,12-14,16-17H2,1-7H3,(H,39,40)/t23-,25-,26+,32+/m0/s1. The average molecular weight is 680 g/mol. The van der Waals surface area contributed by atoms with Gasteiger partial charge in [0, 0.05) is 42.4 Å². The number of benzene rings is 1. The molecule has 256 valence electrons. The van der Waals surface area contributed by atoms with E-state index in [-0.39, 0.29) is 43.0 Å². The van der Waals surface area contributed by atoms with Crippen LogP contribution in [0, 0.1) is 19.7 Å². The van der Waals surface area contributed by atoms with Gasteiger partial charge in [0.25, 0.3) is 5.92 Å². The molecule has 3 aliphatic rings. The topological polar surface area (TPSA) is 96.4 Å². The Morgan fingerprint density at radius 2 is 1.89 bits per heavy atom. The molecule has 1 aromatic heterocycles. The zero-order chi connectivity index (χ0) is 34.5. The van der Waals surface area contributed by atoms with Gasteiger partial charge in [0.2, 0.25) is 5.67 Å². The quantitative estimate of drug-likeness (QED) is 0.283. The van der Waals surface area contributed by atoms with Gasteiger partial charge in [-0.25, -0.2) is 32.1 Å². The summed E-state index contributed by atoms with van der Waals surface area (Å²) in [5, 5.41) is 5.54. The van der Waals surface area contributed by atoms with Gasteiger partial charge in [-0.15, -0.1) is 11.3 Å². The Morgan fingerprint density at radius 1 is 1.17 bits per heavy atom. The number of alkyl halides is 3. The van der Waals surface area contributed by atoms with Crippen molar-refractivity contribution in [3.05, 3.63) is 62.5 Å². The lowest BCUT2D eigenvalue weighted by atomic mass is 9.92. The second-order valence-corrected chi connectivity index (χ2v) is 14.4. The molecular formula is C33H41F4N5O4S. The number of amidine groups is 1. The number of aryl methyl sites for hydroxylation is 1. The van der Waals surface area contributed by atoms with E-state index in [0.717, 1.165) is 12.6 Å². The fraction of sp³-hybridized carbons (Fsp3) is 0.576. The Morgan fingerprint density at radius 3 is 2.53 bits per heavy atom. The normalized spacial score (nSPS) is 24.4. The Hall–Kier alpha value is -3.36. The van der Waals surface area contributed by atoms with Crippen molar-refractivity contribution in [2.75, 3.05) is 32.8 Å². The van der Waals surface area contributed by atoms with Crippen molar-refractivity contribution in [3.63, 3.8) is 0 Å². The summed E-state index contributed by atoms with van der Waals surface area (Å²) in [6, 6.07) is 1.43. The van der Waals surface area contributed by atoms with Crippen LogP contribution < -0.4 is 5.32 Å². The number of rotatable bonds is 9. The number of hydrogen-bond acceptors (Lipinski definition) is 10. The van der Waals surface area contributed by atoms with Crippen molar-refractivity contribution in [1.29, 1.82) is 0 Å². The molecule has 4 heterocycles. The van der Waals surface area contributed by atoms with Gasteiger partial charge in [-0.1, -0.05) is 12.1 Å². The van der Waals surface area contributed by atoms with Crippen molar-refractivity contribution in [2.24, 2.45) is 4.99 Å². The molecule has 2 saturated heterocycles. The van der Waals surface area contributed by atoms with Gasteiger partial charge in [-0.05, 0) is 72.1 Å². The maximum atomic E-state index is 15.8. The number of nitrogens with zero attached hydrogens (tertiary/aromatic N) is 4. The highest BCUT2D eigenvalue weighted by molar-refractivity contribution is 7.11. The van der Waals surface area contributed by atoms with E-state index in [2.05, 4.69) is 10.3 Å². The molecule has 14 heteroatoms. The summed E-state index contributed by atoms with van der Waals surface area (Å²) in [5.41, 5.74) is -1.62. The zero-order valence-corrected chi connectivity index (χ0v) is 28.4. The van der Waals surface area contributed by atoms with Gasteiger partial charge < -0.3 is 14.8 Å². The molecule has 4 atom stereocenters. The largest absolute Gasteiger partial charge is 0.463 e. The highest BCUT2D eigenvalue weighted by atomic mass is 32.1. The molecule has 5 rings (SSSR count). The molecule has 0 saturated carbocycles. The number of fused-ring (bicyclic) bond motifs is 1. The minimum atomic E-state index is -3.26. The fourth-order valence-electron chi connectivity index (χ4n) is 6.52. The number of nitrogens with one attached hydrogen (secondary N) is 1. The molecule has 0 spiro atoms. The predicted molar refractivity (Wildman–Crippen MR) is 170 cm³/mol. The van der Waals surface area contributed by atoms with Crippen molar-refractivity contribution in [1.82, 2.24) is 20.1 Å². The van der Waals surface area contributed by atoms with Crippen LogP contribution in [0.3, 0.4) is 0 Å². The minimum absolute atomic E-state index is 0.0494. The second-order valence-electron chi connectivity index (χ2n) is 13.5. The third-order valence-electron chi connectivity index (χ3n) is 8.52. The number of thiazole rings is 1. The van der Waals surface area contributed by atoms with Crippen molar-refractivity contribution in [3.8, 4) is 0 Å². The van der Waals surface area contributed by atoms with Crippen molar-refractivity contribution < 1.29 is 36.6 Å². The number of likely N-dealkylation sites (tertiary alicyclic amines) is 2. The minimum Gasteiger partial charge on any atom is -0.463 e. The fourth-order valence-corrected chi connectivity index (χ4v) is 7.27. The van der Waals surface area contributed by atoms with E-state index >= 15 is 13.2 Å². The van der Waals surface area contributed by atoms with Gasteiger partial charge in [-0.2, -0.15) is 0 Å². The van der Waals surface area contributed by atoms with Crippen LogP contribution in [0.4, 0.5) is 17.6 Å². The van der Waals surface area contributed by atoms with E-state index in [1.165, 1.54) is 28.4 Å². The molecule has 47 heavy (non-hydrogen) atoms. The van der Waals surface area contributed by atoms with Crippen LogP contribution in [0.1, 0.15) is 68.9 Å². The predicted octanol–water partition coefficient (Wildman–Crippen LogP) is 5.27. The van der Waals surface area contributed by atoms with Crippen LogP contribution in [0.2, 0.25) is 0 Å². The summed E-state index contributed by atoms with van der Waals surface area (Å²) in [6.07, 6.45) is 0.283. The number of carbonyl (C=O) groups is 2. The third kappa shape index (κ3) is 7.24. The van der Waals surface area contributed by atoms with Gasteiger partial charge in [-0.3, -0.25) is 14.8 Å². The smallest absolute Gasteiger partial charge is 0.345 e. The lowest BCUT2D eigenvalue weighted by Crippen LogP contribution is -2.52. The van der Waals surface area contributed by atoms with Crippen LogP contribution >= 0.6 is 11.3 Å². The van der Waals surface area contributed by atoms with Crippen LogP contribution in [-0.4, -0.2) is 94.6 Å². The molecule has 0 radical (unpaired) electrons. The summed E-state index contributed by atoms with van der Waals surface area (Å²) in [5.74, 6) is -5.23. The van der Waals surface area contributed by atoms with E-state index in [4.69, 9.17) is 14.5 Å². The van der Waals surface area contributed by atoms with Crippen LogP contribution in [0.15, 0.2) is 39.8 Å². The number of aliphatic imine (C=N–C) groups is 1. The van der Waals surface area contributed by atoms with Crippen LogP contribution in [-0.2, 0) is 19.1 Å². The number of halogens is 4. The van der Waals surface area contributed by atoms with Gasteiger partial charge in [0.05, 0.1) is 24.8 Å². The lowest BCUT2D eigenvalue weighted by Gasteiger charge is -2.33. The van der Waals surface area contributed by atoms with E-state index in [1.807, 2.05) is 12.3 Å².